The molecule has 0 aliphatic carbocycles. The van der Waals surface area contributed by atoms with Crippen molar-refractivity contribution in [3.63, 3.8) is 0 Å². The van der Waals surface area contributed by atoms with E-state index >= 15 is 0 Å². The van der Waals surface area contributed by atoms with Crippen LogP contribution < -0.4 is 18.9 Å². The van der Waals surface area contributed by atoms with Crippen LogP contribution in [0.15, 0.2) is 94.9 Å². The first-order valence-corrected chi connectivity index (χ1v) is 18.9. The van der Waals surface area contributed by atoms with E-state index in [1.54, 1.807) is 36.4 Å². The van der Waals surface area contributed by atoms with Gasteiger partial charge in [-0.3, -0.25) is 24.6 Å². The molecule has 5 aromatic rings. The molecule has 0 fully saturated rings. The van der Waals surface area contributed by atoms with E-state index in [4.69, 9.17) is 38.7 Å². The molecule has 9 rings (SSSR count). The molecule has 5 heterocycles. The Balaban J connectivity index is 0.949. The zero-order chi connectivity index (χ0) is 39.9. The maximum Gasteiger partial charge on any atom is 0.337 e. The molecule has 13 heteroatoms. The van der Waals surface area contributed by atoms with Gasteiger partial charge in [-0.2, -0.15) is 0 Å². The second-order valence-electron chi connectivity index (χ2n) is 14.5. The van der Waals surface area contributed by atoms with E-state index in [9.17, 15) is 14.4 Å². The van der Waals surface area contributed by atoms with Gasteiger partial charge in [-0.15, -0.1) is 0 Å². The summed E-state index contributed by atoms with van der Waals surface area (Å²) < 4.78 is 28.9. The topological polar surface area (TPSA) is 141 Å². The van der Waals surface area contributed by atoms with Crippen LogP contribution in [0.2, 0.25) is 0 Å². The van der Waals surface area contributed by atoms with Gasteiger partial charge in [0.05, 0.1) is 72.9 Å². The molecule has 292 valence electrons. The second-order valence-corrected chi connectivity index (χ2v) is 14.5. The van der Waals surface area contributed by atoms with Gasteiger partial charge in [0.25, 0.3) is 11.8 Å². The highest BCUT2D eigenvalue weighted by Gasteiger charge is 2.35. The first kappa shape index (κ1) is 36.6. The van der Waals surface area contributed by atoms with E-state index in [0.717, 1.165) is 11.1 Å². The molecule has 0 saturated carbocycles. The van der Waals surface area contributed by atoms with Crippen LogP contribution in [0.3, 0.4) is 0 Å². The lowest BCUT2D eigenvalue weighted by Crippen LogP contribution is -2.44. The summed E-state index contributed by atoms with van der Waals surface area (Å²) in [4.78, 5) is 58.4. The third-order valence-electron chi connectivity index (χ3n) is 11.0. The number of amides is 2. The van der Waals surface area contributed by atoms with Crippen LogP contribution in [0.5, 0.6) is 23.0 Å². The van der Waals surface area contributed by atoms with Gasteiger partial charge in [0.1, 0.15) is 13.2 Å². The van der Waals surface area contributed by atoms with Gasteiger partial charge < -0.3 is 33.5 Å². The van der Waals surface area contributed by atoms with Crippen molar-refractivity contribution in [2.75, 3.05) is 21.3 Å². The molecule has 4 aliphatic heterocycles. The molecule has 58 heavy (non-hydrogen) atoms. The number of fused-ring (bicyclic) bond motifs is 6. The molecule has 0 N–H and O–H groups in total. The number of methoxy groups -OCH3 is 3. The average molecular weight is 778 g/mol. The van der Waals surface area contributed by atoms with Crippen molar-refractivity contribution < 1.29 is 38.1 Å². The maximum absolute atomic E-state index is 13.9. The van der Waals surface area contributed by atoms with Crippen LogP contribution in [0, 0.1) is 0 Å². The molecule has 2 amide bonds. The number of hydrogen-bond donors (Lipinski definition) is 0. The van der Waals surface area contributed by atoms with Gasteiger partial charge in [0.2, 0.25) is 0 Å². The fraction of sp³-hybridized carbons (Fsp3) is 0.244. The van der Waals surface area contributed by atoms with Crippen molar-refractivity contribution in [2.24, 2.45) is 9.98 Å². The van der Waals surface area contributed by atoms with Gasteiger partial charge in [-0.1, -0.05) is 48.5 Å². The number of aromatic nitrogens is 1. The largest absolute Gasteiger partial charge is 0.493 e. The van der Waals surface area contributed by atoms with Crippen LogP contribution in [-0.2, 0) is 43.9 Å². The molecule has 0 saturated heterocycles. The number of carbonyl (C=O) groups is 3. The van der Waals surface area contributed by atoms with Crippen LogP contribution in [0.25, 0.3) is 0 Å². The number of ether oxygens (including phenoxy) is 5. The Morgan fingerprint density at radius 2 is 1.07 bits per heavy atom. The SMILES string of the molecule is COC(=O)c1cc(COc2cc3c(cc2OC)C(=O)N2Cc4ccccc4C[C@H]2C=N3)nc(COc2cc3c(cc2OC)C(=O)N2Cc4ccccc4C[C@H]2C=N3)c1. The zero-order valence-electron chi connectivity index (χ0n) is 32.1. The fourth-order valence-corrected chi connectivity index (χ4v) is 7.98. The minimum Gasteiger partial charge on any atom is -0.493 e. The van der Waals surface area contributed by atoms with Gasteiger partial charge >= 0.3 is 5.97 Å². The van der Waals surface area contributed by atoms with Crippen LogP contribution in [-0.4, -0.2) is 78.4 Å². The molecule has 0 unspecified atom stereocenters. The Labute approximate surface area is 334 Å². The summed E-state index contributed by atoms with van der Waals surface area (Å²) >= 11 is 0. The molecular formula is C45H39N5O8. The molecule has 2 atom stereocenters. The van der Waals surface area contributed by atoms with Gasteiger partial charge in [0.15, 0.2) is 23.0 Å². The number of nitrogens with zero attached hydrogens (tertiary/aromatic N) is 5. The van der Waals surface area contributed by atoms with E-state index in [2.05, 4.69) is 12.1 Å². The molecule has 4 aliphatic rings. The number of rotatable bonds is 9. The van der Waals surface area contributed by atoms with E-state index in [1.807, 2.05) is 58.6 Å². The predicted molar refractivity (Wildman–Crippen MR) is 214 cm³/mol. The third-order valence-corrected chi connectivity index (χ3v) is 11.0. The molecule has 13 nitrogen and oxygen atoms in total. The van der Waals surface area contributed by atoms with Crippen molar-refractivity contribution in [3.8, 4) is 23.0 Å². The number of aliphatic imine (C=N–C) groups is 2. The lowest BCUT2D eigenvalue weighted by molar-refractivity contribution is 0.0599. The number of benzene rings is 4. The van der Waals surface area contributed by atoms with Crippen LogP contribution >= 0.6 is 0 Å². The summed E-state index contributed by atoms with van der Waals surface area (Å²) in [7, 11) is 4.31. The molecule has 1 aromatic heterocycles. The van der Waals surface area contributed by atoms with E-state index < -0.39 is 5.97 Å². The highest BCUT2D eigenvalue weighted by molar-refractivity contribution is 6.04. The fourth-order valence-electron chi connectivity index (χ4n) is 7.98. The van der Waals surface area contributed by atoms with Crippen LogP contribution in [0.4, 0.5) is 11.4 Å². The Bertz CT molecular complexity index is 2390. The Morgan fingerprint density at radius 1 is 0.621 bits per heavy atom. The first-order valence-electron chi connectivity index (χ1n) is 18.9. The second kappa shape index (κ2) is 15.1. The third kappa shape index (κ3) is 6.78. The monoisotopic (exact) mass is 777 g/mol. The Kier molecular flexibility index (Phi) is 9.56. The van der Waals surface area contributed by atoms with E-state index in [1.165, 1.54) is 32.5 Å². The van der Waals surface area contributed by atoms with E-state index in [0.29, 0.717) is 82.8 Å². The summed E-state index contributed by atoms with van der Waals surface area (Å²) in [6.45, 7) is 0.855. The summed E-state index contributed by atoms with van der Waals surface area (Å²) in [5.74, 6) is 0.559. The number of hydrogen-bond acceptors (Lipinski definition) is 11. The normalized spacial score (nSPS) is 17.4. The van der Waals surface area contributed by atoms with Gasteiger partial charge in [-0.25, -0.2) is 4.79 Å². The lowest BCUT2D eigenvalue weighted by atomic mass is 9.94. The molecule has 0 radical (unpaired) electrons. The summed E-state index contributed by atoms with van der Waals surface area (Å²) in [6, 6.07) is 25.7. The van der Waals surface area contributed by atoms with Crippen molar-refractivity contribution in [1.82, 2.24) is 14.8 Å². The smallest absolute Gasteiger partial charge is 0.337 e. The van der Waals surface area contributed by atoms with Crippen LogP contribution in [0.1, 0.15) is 64.7 Å². The van der Waals surface area contributed by atoms with Crippen molar-refractivity contribution in [2.45, 2.75) is 51.2 Å². The predicted octanol–water partition coefficient (Wildman–Crippen LogP) is 6.61. The summed E-state index contributed by atoms with van der Waals surface area (Å²) in [6.07, 6.45) is 4.98. The van der Waals surface area contributed by atoms with Crippen molar-refractivity contribution >= 4 is 41.6 Å². The molecule has 0 spiro atoms. The minimum atomic E-state index is -0.562. The highest BCUT2D eigenvalue weighted by Crippen LogP contribution is 2.40. The first-order chi connectivity index (χ1) is 28.3. The number of esters is 1. The maximum atomic E-state index is 13.9. The average Bonchev–Trinajstić information content (AvgIpc) is 3.47. The van der Waals surface area contributed by atoms with E-state index in [-0.39, 0.29) is 42.7 Å². The quantitative estimate of drug-likeness (QED) is 0.151. The highest BCUT2D eigenvalue weighted by atomic mass is 16.5. The Morgan fingerprint density at radius 3 is 1.50 bits per heavy atom. The number of pyridine rings is 1. The zero-order valence-corrected chi connectivity index (χ0v) is 32.1. The van der Waals surface area contributed by atoms with Crippen molar-refractivity contribution in [1.29, 1.82) is 0 Å². The molecule has 0 bridgehead atoms. The number of carbonyl (C=O) groups excluding carboxylic acids is 3. The standard InChI is InChI=1S/C45H39N5O8/c1-54-39-16-35-37(46-20-33-14-26-8-4-6-10-28(26)22-49(33)43(35)51)18-41(39)57-24-31-12-30(45(53)56-3)13-32(48-31)25-58-42-19-38-36(17-40(42)55-2)44(52)50-23-29-11-7-5-9-27(29)15-34(50)21-47-38/h4-13,16-21,33-34H,14-15,22-25H2,1-3H3/t33-,34-/m0/s1. The molecular weight excluding hydrogens is 739 g/mol. The van der Waals surface area contributed by atoms with Gasteiger partial charge in [-0.05, 0) is 59.4 Å². The molecule has 4 aromatic carbocycles. The Hall–Kier alpha value is -7.02. The minimum absolute atomic E-state index is 0.0603. The summed E-state index contributed by atoms with van der Waals surface area (Å²) in [5, 5.41) is 0. The van der Waals surface area contributed by atoms with Crippen molar-refractivity contribution in [3.05, 3.63) is 135 Å². The van der Waals surface area contributed by atoms with Gasteiger partial charge in [0, 0.05) is 37.7 Å². The summed E-state index contributed by atoms with van der Waals surface area (Å²) in [5.41, 5.74) is 7.47. The lowest BCUT2D eigenvalue weighted by Gasteiger charge is -2.34.